The Bertz CT molecular complexity index is 1880. The van der Waals surface area contributed by atoms with Crippen molar-refractivity contribution in [2.24, 2.45) is 71.0 Å². The third-order valence-electron chi connectivity index (χ3n) is 17.9. The summed E-state index contributed by atoms with van der Waals surface area (Å²) >= 11 is 0. The maximum absolute atomic E-state index is 2.72. The van der Waals surface area contributed by atoms with Gasteiger partial charge in [0.15, 0.2) is 0 Å². The van der Waals surface area contributed by atoms with Crippen molar-refractivity contribution in [2.75, 3.05) is 0 Å². The Morgan fingerprint density at radius 3 is 1.00 bits per heavy atom. The number of hydrogen-bond donors (Lipinski definition) is 0. The molecule has 0 aliphatic heterocycles. The topological polar surface area (TPSA) is 0 Å². The first kappa shape index (κ1) is 32.6. The molecule has 4 aromatic rings. The van der Waals surface area contributed by atoms with Gasteiger partial charge in [-0.15, -0.1) is 0 Å². The molecule has 274 valence electrons. The third kappa shape index (κ3) is 4.67. The molecule has 0 heterocycles. The predicted molar refractivity (Wildman–Crippen MR) is 221 cm³/mol. The van der Waals surface area contributed by atoms with Crippen LogP contribution in [0.2, 0.25) is 0 Å². The molecular formula is C54H58. The van der Waals surface area contributed by atoms with Crippen molar-refractivity contribution in [3.8, 4) is 0 Å². The van der Waals surface area contributed by atoms with Crippen molar-refractivity contribution < 1.29 is 0 Å². The molecule has 4 aromatic carbocycles. The van der Waals surface area contributed by atoms with E-state index in [2.05, 4.69) is 133 Å². The van der Waals surface area contributed by atoms with E-state index < -0.39 is 0 Å². The second-order valence-electron chi connectivity index (χ2n) is 19.4. The standard InChI is InChI=1S/C54H58/c1-5-17-33(18-6-1)45-37-25-13-14-26-38(37)46(34-19-7-2-8-20-34)52-42-31-32-44-50-43(30-29-41(49(42)50)51(45)52)53-47(35-21-9-3-10-22-35)39-27-15-16-28-40(39)48(54(44)53)36-23-11-4-12-24-36/h1-12,17-26,39-54H,13-16,27-32H2. The minimum Gasteiger partial charge on any atom is -0.0801 e. The summed E-state index contributed by atoms with van der Waals surface area (Å²) < 4.78 is 0. The fourth-order valence-corrected chi connectivity index (χ4v) is 17.0. The van der Waals surface area contributed by atoms with Gasteiger partial charge in [0.25, 0.3) is 0 Å². The molecule has 7 fully saturated rings. The Labute approximate surface area is 324 Å². The number of rotatable bonds is 4. The summed E-state index contributed by atoms with van der Waals surface area (Å²) in [7, 11) is 0. The molecule has 8 aliphatic carbocycles. The van der Waals surface area contributed by atoms with Gasteiger partial charge in [-0.1, -0.05) is 146 Å². The average Bonchev–Trinajstić information content (AvgIpc) is 3.75. The molecule has 0 heteroatoms. The van der Waals surface area contributed by atoms with Crippen LogP contribution in [0.3, 0.4) is 0 Å². The van der Waals surface area contributed by atoms with Gasteiger partial charge >= 0.3 is 0 Å². The van der Waals surface area contributed by atoms with E-state index >= 15 is 0 Å². The molecule has 0 saturated heterocycles. The highest BCUT2D eigenvalue weighted by Gasteiger charge is 2.71. The molecular weight excluding hydrogens is 649 g/mol. The summed E-state index contributed by atoms with van der Waals surface area (Å²) in [6.07, 6.45) is 19.5. The Morgan fingerprint density at radius 2 is 0.630 bits per heavy atom. The summed E-state index contributed by atoms with van der Waals surface area (Å²) in [6.45, 7) is 0. The molecule has 12 rings (SSSR count). The summed E-state index contributed by atoms with van der Waals surface area (Å²) in [5.41, 5.74) is 10.0. The lowest BCUT2D eigenvalue weighted by atomic mass is 9.49. The molecule has 0 bridgehead atoms. The lowest BCUT2D eigenvalue weighted by molar-refractivity contribution is 0.00882. The van der Waals surface area contributed by atoms with Gasteiger partial charge in [-0.2, -0.15) is 0 Å². The van der Waals surface area contributed by atoms with Crippen LogP contribution in [0.1, 0.15) is 110 Å². The summed E-state index contributed by atoms with van der Waals surface area (Å²) in [5.74, 6) is 12.6. The molecule has 14 unspecified atom stereocenters. The van der Waals surface area contributed by atoms with Crippen LogP contribution >= 0.6 is 0 Å². The fraction of sp³-hybridized carbons (Fsp3) is 0.481. The normalized spacial score (nSPS) is 42.7. The van der Waals surface area contributed by atoms with Crippen LogP contribution < -0.4 is 0 Å². The predicted octanol–water partition coefficient (Wildman–Crippen LogP) is 13.4. The van der Waals surface area contributed by atoms with Crippen molar-refractivity contribution in [3.05, 3.63) is 167 Å². The molecule has 0 N–H and O–H groups in total. The minimum absolute atomic E-state index is 0.550. The average molecular weight is 707 g/mol. The number of fused-ring (bicyclic) bond motifs is 8. The molecule has 0 amide bonds. The van der Waals surface area contributed by atoms with E-state index in [0.717, 1.165) is 82.9 Å². The number of allylic oxidation sites excluding steroid dienone is 4. The zero-order chi connectivity index (χ0) is 35.3. The Kier molecular flexibility index (Phi) is 7.82. The van der Waals surface area contributed by atoms with Gasteiger partial charge in [0.05, 0.1) is 0 Å². The largest absolute Gasteiger partial charge is 0.0801 e. The van der Waals surface area contributed by atoms with E-state index in [9.17, 15) is 0 Å². The van der Waals surface area contributed by atoms with E-state index in [1.54, 1.807) is 33.4 Å². The highest BCUT2D eigenvalue weighted by Crippen LogP contribution is 2.78. The first-order valence-electron chi connectivity index (χ1n) is 22.5. The summed E-state index contributed by atoms with van der Waals surface area (Å²) in [4.78, 5) is 0. The third-order valence-corrected chi connectivity index (χ3v) is 17.9. The van der Waals surface area contributed by atoms with Gasteiger partial charge in [0, 0.05) is 11.8 Å². The van der Waals surface area contributed by atoms with Crippen molar-refractivity contribution in [3.63, 3.8) is 0 Å². The van der Waals surface area contributed by atoms with E-state index in [-0.39, 0.29) is 0 Å². The van der Waals surface area contributed by atoms with Crippen molar-refractivity contribution in [2.45, 2.75) is 87.9 Å². The maximum atomic E-state index is 2.72. The lowest BCUT2D eigenvalue weighted by Crippen LogP contribution is -2.46. The molecule has 0 spiro atoms. The molecule has 54 heavy (non-hydrogen) atoms. The quantitative estimate of drug-likeness (QED) is 0.198. The van der Waals surface area contributed by atoms with Crippen LogP contribution in [0.5, 0.6) is 0 Å². The second-order valence-corrected chi connectivity index (χ2v) is 19.4. The molecule has 0 nitrogen and oxygen atoms in total. The van der Waals surface area contributed by atoms with Crippen LogP contribution in [0.25, 0.3) is 0 Å². The monoisotopic (exact) mass is 706 g/mol. The van der Waals surface area contributed by atoms with E-state index in [1.807, 2.05) is 0 Å². The Morgan fingerprint density at radius 1 is 0.296 bits per heavy atom. The van der Waals surface area contributed by atoms with Gasteiger partial charge in [-0.25, -0.2) is 0 Å². The maximum Gasteiger partial charge on any atom is 0.0123 e. The fourth-order valence-electron chi connectivity index (χ4n) is 17.0. The zero-order valence-corrected chi connectivity index (χ0v) is 32.0. The number of hydrogen-bond acceptors (Lipinski definition) is 0. The van der Waals surface area contributed by atoms with Gasteiger partial charge in [0.2, 0.25) is 0 Å². The van der Waals surface area contributed by atoms with E-state index in [4.69, 9.17) is 0 Å². The second kappa shape index (κ2) is 13.0. The molecule has 0 aromatic heterocycles. The van der Waals surface area contributed by atoms with Crippen LogP contribution in [0.4, 0.5) is 0 Å². The summed E-state index contributed by atoms with van der Waals surface area (Å²) in [5, 5.41) is 0. The van der Waals surface area contributed by atoms with Crippen LogP contribution in [0, 0.1) is 71.0 Å². The zero-order valence-electron chi connectivity index (χ0n) is 32.0. The van der Waals surface area contributed by atoms with Crippen molar-refractivity contribution in [1.29, 1.82) is 0 Å². The van der Waals surface area contributed by atoms with Crippen LogP contribution in [0.15, 0.2) is 145 Å². The Hall–Kier alpha value is -3.64. The SMILES string of the molecule is C1=C2C(=CCC1)C(c1ccccc1)C1C3CCC4C5C(CCC(C1C2c1ccccc1)C35)C1C(c2ccccc2)C2CCCCC2C(c2ccccc2)C41. The van der Waals surface area contributed by atoms with Gasteiger partial charge in [-0.05, 0) is 168 Å². The smallest absolute Gasteiger partial charge is 0.0123 e. The van der Waals surface area contributed by atoms with Gasteiger partial charge in [0.1, 0.15) is 0 Å². The molecule has 0 radical (unpaired) electrons. The van der Waals surface area contributed by atoms with Crippen LogP contribution in [-0.2, 0) is 0 Å². The van der Waals surface area contributed by atoms with Crippen molar-refractivity contribution in [1.82, 2.24) is 0 Å². The van der Waals surface area contributed by atoms with E-state index in [0.29, 0.717) is 11.8 Å². The van der Waals surface area contributed by atoms with Crippen molar-refractivity contribution >= 4 is 0 Å². The molecule has 7 saturated carbocycles. The Balaban J connectivity index is 1.03. The molecule has 14 atom stereocenters. The lowest BCUT2D eigenvalue weighted by Gasteiger charge is -2.55. The summed E-state index contributed by atoms with van der Waals surface area (Å²) in [6, 6.07) is 48.2. The first-order chi connectivity index (χ1) is 26.9. The van der Waals surface area contributed by atoms with E-state index in [1.165, 1.54) is 64.2 Å². The minimum atomic E-state index is 0.550. The highest BCUT2D eigenvalue weighted by molar-refractivity contribution is 5.54. The van der Waals surface area contributed by atoms with Gasteiger partial charge < -0.3 is 0 Å². The van der Waals surface area contributed by atoms with Gasteiger partial charge in [-0.3, -0.25) is 0 Å². The highest BCUT2D eigenvalue weighted by atomic mass is 14.7. The molecule has 8 aliphatic rings. The van der Waals surface area contributed by atoms with Crippen LogP contribution in [-0.4, -0.2) is 0 Å². The number of benzene rings is 4. The first-order valence-corrected chi connectivity index (χ1v) is 22.5.